The highest BCUT2D eigenvalue weighted by Gasteiger charge is 2.16. The third-order valence-electron chi connectivity index (χ3n) is 2.61. The van der Waals surface area contributed by atoms with Crippen LogP contribution < -0.4 is 5.73 Å². The molecule has 1 aromatic carbocycles. The Hall–Kier alpha value is -2.28. The number of primary amides is 1. The number of nitrogens with one attached hydrogen (secondary N) is 1. The van der Waals surface area contributed by atoms with Gasteiger partial charge in [0, 0.05) is 17.1 Å². The summed E-state index contributed by atoms with van der Waals surface area (Å²) in [4.78, 5) is 14.1. The number of nitrogens with zero attached hydrogens (tertiary/aromatic N) is 1. The minimum atomic E-state index is -0.763. The predicted octanol–water partition coefficient (Wildman–Crippen LogP) is 1.34. The van der Waals surface area contributed by atoms with Gasteiger partial charge in [0.1, 0.15) is 5.92 Å². The number of carbonyl (C=O) groups is 1. The molecule has 0 saturated carbocycles. The van der Waals surface area contributed by atoms with E-state index in [9.17, 15) is 4.79 Å². The lowest BCUT2D eigenvalue weighted by atomic mass is 9.97. The minimum absolute atomic E-state index is 0.362. The first-order chi connectivity index (χ1) is 7.72. The molecule has 4 nitrogen and oxygen atoms in total. The Morgan fingerprint density at radius 2 is 2.31 bits per heavy atom. The van der Waals surface area contributed by atoms with Crippen molar-refractivity contribution in [2.75, 3.05) is 0 Å². The van der Waals surface area contributed by atoms with E-state index in [2.05, 4.69) is 4.98 Å². The number of rotatable bonds is 3. The summed E-state index contributed by atoms with van der Waals surface area (Å²) in [6, 6.07) is 9.60. The maximum atomic E-state index is 11.0. The SMILES string of the molecule is N#C[C@@H](Cc1cccc2[nH]ccc12)C(N)=O. The number of H-pyrrole nitrogens is 1. The van der Waals surface area contributed by atoms with Gasteiger partial charge in [0.05, 0.1) is 6.07 Å². The molecular formula is C12H11N3O. The monoisotopic (exact) mass is 213 g/mol. The van der Waals surface area contributed by atoms with E-state index in [-0.39, 0.29) is 0 Å². The van der Waals surface area contributed by atoms with Crippen molar-refractivity contribution in [3.8, 4) is 6.07 Å². The molecule has 1 heterocycles. The Labute approximate surface area is 92.7 Å². The van der Waals surface area contributed by atoms with Crippen LogP contribution in [0.25, 0.3) is 10.9 Å². The Balaban J connectivity index is 2.37. The fourth-order valence-electron chi connectivity index (χ4n) is 1.76. The second-order valence-corrected chi connectivity index (χ2v) is 3.64. The average molecular weight is 213 g/mol. The number of hydrogen-bond donors (Lipinski definition) is 2. The van der Waals surface area contributed by atoms with E-state index < -0.39 is 11.8 Å². The molecule has 0 aliphatic carbocycles. The number of aromatic amines is 1. The lowest BCUT2D eigenvalue weighted by Gasteiger charge is -2.06. The van der Waals surface area contributed by atoms with E-state index in [0.717, 1.165) is 16.5 Å². The molecule has 0 aliphatic rings. The Morgan fingerprint density at radius 1 is 1.50 bits per heavy atom. The molecule has 0 spiro atoms. The second kappa shape index (κ2) is 4.07. The van der Waals surface area contributed by atoms with E-state index >= 15 is 0 Å². The summed E-state index contributed by atoms with van der Waals surface area (Å²) in [5.74, 6) is -1.34. The van der Waals surface area contributed by atoms with Gasteiger partial charge in [-0.2, -0.15) is 5.26 Å². The van der Waals surface area contributed by atoms with E-state index in [1.54, 1.807) is 0 Å². The molecular weight excluding hydrogens is 202 g/mol. The van der Waals surface area contributed by atoms with Crippen molar-refractivity contribution in [1.29, 1.82) is 5.26 Å². The number of hydrogen-bond acceptors (Lipinski definition) is 2. The van der Waals surface area contributed by atoms with Gasteiger partial charge in [-0.05, 0) is 24.1 Å². The van der Waals surface area contributed by atoms with Crippen LogP contribution in [0.3, 0.4) is 0 Å². The van der Waals surface area contributed by atoms with Gasteiger partial charge in [0.15, 0.2) is 0 Å². The van der Waals surface area contributed by atoms with Crippen molar-refractivity contribution in [3.63, 3.8) is 0 Å². The molecule has 0 radical (unpaired) electrons. The largest absolute Gasteiger partial charge is 0.369 e. The van der Waals surface area contributed by atoms with Gasteiger partial charge in [-0.3, -0.25) is 4.79 Å². The van der Waals surface area contributed by atoms with Crippen LogP contribution >= 0.6 is 0 Å². The highest BCUT2D eigenvalue weighted by Crippen LogP contribution is 2.20. The Morgan fingerprint density at radius 3 is 3.00 bits per heavy atom. The lowest BCUT2D eigenvalue weighted by molar-refractivity contribution is -0.120. The molecule has 80 valence electrons. The molecule has 2 aromatic rings. The first-order valence-corrected chi connectivity index (χ1v) is 4.96. The first-order valence-electron chi connectivity index (χ1n) is 4.96. The van der Waals surface area contributed by atoms with Gasteiger partial charge in [-0.15, -0.1) is 0 Å². The zero-order chi connectivity index (χ0) is 11.5. The van der Waals surface area contributed by atoms with Crippen molar-refractivity contribution >= 4 is 16.8 Å². The van der Waals surface area contributed by atoms with Gasteiger partial charge in [-0.25, -0.2) is 0 Å². The molecule has 1 aromatic heterocycles. The van der Waals surface area contributed by atoms with E-state index in [1.807, 2.05) is 36.5 Å². The summed E-state index contributed by atoms with van der Waals surface area (Å²) in [5, 5.41) is 9.85. The van der Waals surface area contributed by atoms with Crippen LogP contribution in [0.1, 0.15) is 5.56 Å². The number of carbonyl (C=O) groups excluding carboxylic acids is 1. The van der Waals surface area contributed by atoms with Crippen molar-refractivity contribution in [3.05, 3.63) is 36.0 Å². The number of nitriles is 1. The van der Waals surface area contributed by atoms with Gasteiger partial charge in [0.2, 0.25) is 5.91 Å². The summed E-state index contributed by atoms with van der Waals surface area (Å²) < 4.78 is 0. The van der Waals surface area contributed by atoms with Crippen LogP contribution in [0.5, 0.6) is 0 Å². The molecule has 0 bridgehead atoms. The van der Waals surface area contributed by atoms with Gasteiger partial charge >= 0.3 is 0 Å². The highest BCUT2D eigenvalue weighted by atomic mass is 16.1. The molecule has 4 heteroatoms. The summed E-state index contributed by atoms with van der Waals surface area (Å²) in [7, 11) is 0. The zero-order valence-corrected chi connectivity index (χ0v) is 8.60. The molecule has 2 rings (SSSR count). The molecule has 3 N–H and O–H groups in total. The van der Waals surface area contributed by atoms with Crippen LogP contribution in [0.4, 0.5) is 0 Å². The number of amides is 1. The lowest BCUT2D eigenvalue weighted by Crippen LogP contribution is -2.23. The second-order valence-electron chi connectivity index (χ2n) is 3.64. The fraction of sp³-hybridized carbons (Fsp3) is 0.167. The molecule has 0 aliphatic heterocycles. The third kappa shape index (κ3) is 1.75. The normalized spacial score (nSPS) is 12.2. The highest BCUT2D eigenvalue weighted by molar-refractivity contribution is 5.85. The number of aromatic nitrogens is 1. The Bertz CT molecular complexity index is 565. The summed E-state index contributed by atoms with van der Waals surface area (Å²) in [6.45, 7) is 0. The molecule has 0 saturated heterocycles. The van der Waals surface area contributed by atoms with E-state index in [0.29, 0.717) is 6.42 Å². The van der Waals surface area contributed by atoms with Crippen molar-refractivity contribution < 1.29 is 4.79 Å². The minimum Gasteiger partial charge on any atom is -0.369 e. The maximum absolute atomic E-state index is 11.0. The van der Waals surface area contributed by atoms with Crippen LogP contribution in [0.15, 0.2) is 30.5 Å². The standard InChI is InChI=1S/C12H11N3O/c13-7-9(12(14)16)6-8-2-1-3-11-10(8)4-5-15-11/h1-5,9,15H,6H2,(H2,14,16)/t9-/m1/s1. The fourth-order valence-corrected chi connectivity index (χ4v) is 1.76. The third-order valence-corrected chi connectivity index (χ3v) is 2.61. The smallest absolute Gasteiger partial charge is 0.235 e. The van der Waals surface area contributed by atoms with E-state index in [1.165, 1.54) is 0 Å². The topological polar surface area (TPSA) is 82.7 Å². The maximum Gasteiger partial charge on any atom is 0.235 e. The van der Waals surface area contributed by atoms with Crippen molar-refractivity contribution in [2.45, 2.75) is 6.42 Å². The summed E-state index contributed by atoms with van der Waals surface area (Å²) in [5.41, 5.74) is 7.11. The van der Waals surface area contributed by atoms with Crippen molar-refractivity contribution in [1.82, 2.24) is 4.98 Å². The average Bonchev–Trinajstić information content (AvgIpc) is 2.73. The van der Waals surface area contributed by atoms with Crippen LogP contribution in [0, 0.1) is 17.2 Å². The summed E-state index contributed by atoms with van der Waals surface area (Å²) >= 11 is 0. The number of nitrogens with two attached hydrogens (primary N) is 1. The van der Waals surface area contributed by atoms with Gasteiger partial charge < -0.3 is 10.7 Å². The van der Waals surface area contributed by atoms with Gasteiger partial charge in [0.25, 0.3) is 0 Å². The first kappa shape index (κ1) is 10.2. The zero-order valence-electron chi connectivity index (χ0n) is 8.60. The van der Waals surface area contributed by atoms with Crippen LogP contribution in [0.2, 0.25) is 0 Å². The van der Waals surface area contributed by atoms with Crippen LogP contribution in [-0.4, -0.2) is 10.9 Å². The van der Waals surface area contributed by atoms with Gasteiger partial charge in [-0.1, -0.05) is 12.1 Å². The Kier molecular flexibility index (Phi) is 2.61. The molecule has 1 amide bonds. The van der Waals surface area contributed by atoms with Crippen LogP contribution in [-0.2, 0) is 11.2 Å². The number of benzene rings is 1. The quantitative estimate of drug-likeness (QED) is 0.806. The summed E-state index contributed by atoms with van der Waals surface area (Å²) in [6.07, 6.45) is 2.20. The molecule has 0 fully saturated rings. The molecule has 0 unspecified atom stereocenters. The molecule has 16 heavy (non-hydrogen) atoms. The predicted molar refractivity (Wildman–Crippen MR) is 60.3 cm³/mol. The molecule has 1 atom stereocenters. The van der Waals surface area contributed by atoms with Crippen molar-refractivity contribution in [2.24, 2.45) is 11.7 Å². The van der Waals surface area contributed by atoms with E-state index in [4.69, 9.17) is 11.0 Å². The number of fused-ring (bicyclic) bond motifs is 1.